The molecule has 0 aliphatic heterocycles. The highest BCUT2D eigenvalue weighted by atomic mass is 32.2. The van der Waals surface area contributed by atoms with E-state index in [1.807, 2.05) is 36.6 Å². The minimum absolute atomic E-state index is 0.915. The van der Waals surface area contributed by atoms with Crippen LogP contribution < -0.4 is 4.18 Å². The topological polar surface area (TPSA) is 22.1 Å². The van der Waals surface area contributed by atoms with E-state index in [-0.39, 0.29) is 0 Å². The zero-order chi connectivity index (χ0) is 9.80. The van der Waals surface area contributed by atoms with E-state index >= 15 is 0 Å². The number of hydrogen-bond donors (Lipinski definition) is 0. The molecule has 0 saturated carbocycles. The molecule has 2 rings (SSSR count). The highest BCUT2D eigenvalue weighted by Gasteiger charge is 2.03. The van der Waals surface area contributed by atoms with Crippen molar-refractivity contribution < 1.29 is 4.18 Å². The van der Waals surface area contributed by atoms with Crippen LogP contribution in [0.3, 0.4) is 0 Å². The molecule has 2 aromatic heterocycles. The molecule has 4 heteroatoms. The van der Waals surface area contributed by atoms with Crippen molar-refractivity contribution in [2.45, 2.75) is 0 Å². The van der Waals surface area contributed by atoms with Gasteiger partial charge in [0.1, 0.15) is 0 Å². The van der Waals surface area contributed by atoms with E-state index in [9.17, 15) is 0 Å². The van der Waals surface area contributed by atoms with Crippen LogP contribution in [0.5, 0.6) is 5.06 Å². The third-order valence-electron chi connectivity index (χ3n) is 1.66. The zero-order valence-electron chi connectivity index (χ0n) is 7.64. The number of thiophene rings is 1. The Morgan fingerprint density at radius 1 is 1.29 bits per heavy atom. The first-order valence-corrected chi connectivity index (χ1v) is 6.08. The van der Waals surface area contributed by atoms with Crippen LogP contribution in [0.15, 0.2) is 36.5 Å². The van der Waals surface area contributed by atoms with E-state index in [1.54, 1.807) is 17.5 Å². The minimum Gasteiger partial charge on any atom is -0.415 e. The maximum Gasteiger partial charge on any atom is 0.191 e. The van der Waals surface area contributed by atoms with Gasteiger partial charge in [-0.25, -0.2) is 0 Å². The molecule has 0 saturated heterocycles. The van der Waals surface area contributed by atoms with Crippen molar-refractivity contribution in [3.8, 4) is 15.6 Å². The lowest BCUT2D eigenvalue weighted by Gasteiger charge is -1.94. The van der Waals surface area contributed by atoms with Crippen LogP contribution in [0.4, 0.5) is 0 Å². The Labute approximate surface area is 91.2 Å². The van der Waals surface area contributed by atoms with Crippen LogP contribution >= 0.6 is 23.4 Å². The summed E-state index contributed by atoms with van der Waals surface area (Å²) in [5, 5.41) is 0.915. The Morgan fingerprint density at radius 3 is 2.93 bits per heavy atom. The third-order valence-corrected chi connectivity index (χ3v) is 3.10. The number of rotatable bonds is 3. The van der Waals surface area contributed by atoms with Gasteiger partial charge in [0.2, 0.25) is 0 Å². The van der Waals surface area contributed by atoms with Gasteiger partial charge in [0.25, 0.3) is 0 Å². The van der Waals surface area contributed by atoms with Gasteiger partial charge in [-0.2, -0.15) is 0 Å². The Bertz CT molecular complexity index is 400. The molecular formula is C10H9NOS2. The lowest BCUT2D eigenvalue weighted by molar-refractivity contribution is 0.670. The molecule has 0 aliphatic rings. The van der Waals surface area contributed by atoms with E-state index < -0.39 is 0 Å². The predicted octanol–water partition coefficient (Wildman–Crippen LogP) is 3.47. The number of nitrogens with zero attached hydrogens (tertiary/aromatic N) is 1. The molecule has 2 aromatic rings. The molecule has 0 aliphatic carbocycles. The Kier molecular flexibility index (Phi) is 3.06. The van der Waals surface area contributed by atoms with Crippen molar-refractivity contribution in [1.82, 2.24) is 4.98 Å². The summed E-state index contributed by atoms with van der Waals surface area (Å²) < 4.78 is 5.32. The summed E-state index contributed by atoms with van der Waals surface area (Å²) >= 11 is 2.96. The van der Waals surface area contributed by atoms with E-state index in [2.05, 4.69) is 4.98 Å². The summed E-state index contributed by atoms with van der Waals surface area (Å²) in [5.41, 5.74) is 0.994. The van der Waals surface area contributed by atoms with Gasteiger partial charge in [0, 0.05) is 12.5 Å². The fraction of sp³-hybridized carbons (Fsp3) is 0.100. The smallest absolute Gasteiger partial charge is 0.191 e. The molecule has 14 heavy (non-hydrogen) atoms. The largest absolute Gasteiger partial charge is 0.415 e. The Hall–Kier alpha value is -1.00. The number of aromatic nitrogens is 1. The average molecular weight is 223 g/mol. The average Bonchev–Trinajstić information content (AvgIpc) is 2.68. The summed E-state index contributed by atoms with van der Waals surface area (Å²) in [5.74, 6) is 0. The summed E-state index contributed by atoms with van der Waals surface area (Å²) in [6, 6.07) is 9.88. The Balaban J connectivity index is 2.25. The van der Waals surface area contributed by atoms with Gasteiger partial charge in [-0.1, -0.05) is 17.4 Å². The molecule has 2 heterocycles. The van der Waals surface area contributed by atoms with Crippen molar-refractivity contribution in [2.75, 3.05) is 6.26 Å². The van der Waals surface area contributed by atoms with Crippen molar-refractivity contribution in [3.05, 3.63) is 36.5 Å². The second-order valence-corrected chi connectivity index (χ2v) is 4.13. The molecule has 0 unspecified atom stereocenters. The fourth-order valence-corrected chi connectivity index (χ4v) is 2.37. The second kappa shape index (κ2) is 4.48. The molecule has 0 atom stereocenters. The monoisotopic (exact) mass is 223 g/mol. The maximum atomic E-state index is 5.32. The van der Waals surface area contributed by atoms with Gasteiger partial charge in [0.05, 0.1) is 22.6 Å². The van der Waals surface area contributed by atoms with Gasteiger partial charge >= 0.3 is 0 Å². The maximum absolute atomic E-state index is 5.32. The summed E-state index contributed by atoms with van der Waals surface area (Å²) in [6.07, 6.45) is 3.70. The molecule has 0 aromatic carbocycles. The van der Waals surface area contributed by atoms with Crippen LogP contribution in [0, 0.1) is 0 Å². The minimum atomic E-state index is 0.915. The van der Waals surface area contributed by atoms with Gasteiger partial charge < -0.3 is 4.18 Å². The molecule has 0 N–H and O–H groups in total. The molecule has 0 fully saturated rings. The molecule has 0 bridgehead atoms. The highest BCUT2D eigenvalue weighted by molar-refractivity contribution is 7.94. The van der Waals surface area contributed by atoms with Crippen molar-refractivity contribution >= 4 is 23.4 Å². The van der Waals surface area contributed by atoms with Crippen molar-refractivity contribution in [3.63, 3.8) is 0 Å². The number of pyridine rings is 1. The quantitative estimate of drug-likeness (QED) is 0.744. The SMILES string of the molecule is CSOc1ccc(-c2ccccn2)s1. The van der Waals surface area contributed by atoms with Gasteiger partial charge in [0.15, 0.2) is 5.06 Å². The zero-order valence-corrected chi connectivity index (χ0v) is 9.27. The lowest BCUT2D eigenvalue weighted by Crippen LogP contribution is -1.75. The van der Waals surface area contributed by atoms with Crippen LogP contribution in [0.1, 0.15) is 0 Å². The van der Waals surface area contributed by atoms with Gasteiger partial charge in [-0.15, -0.1) is 0 Å². The first-order valence-electron chi connectivity index (χ1n) is 4.12. The van der Waals surface area contributed by atoms with Gasteiger partial charge in [-0.05, 0) is 24.3 Å². The van der Waals surface area contributed by atoms with Crippen molar-refractivity contribution in [1.29, 1.82) is 0 Å². The molecule has 2 nitrogen and oxygen atoms in total. The highest BCUT2D eigenvalue weighted by Crippen LogP contribution is 2.32. The fourth-order valence-electron chi connectivity index (χ4n) is 1.09. The second-order valence-electron chi connectivity index (χ2n) is 2.58. The van der Waals surface area contributed by atoms with Crippen LogP contribution in [0.25, 0.3) is 10.6 Å². The van der Waals surface area contributed by atoms with E-state index in [1.165, 1.54) is 12.0 Å². The third kappa shape index (κ3) is 2.08. The summed E-state index contributed by atoms with van der Waals surface area (Å²) in [4.78, 5) is 5.40. The van der Waals surface area contributed by atoms with E-state index in [0.717, 1.165) is 15.6 Å². The number of hydrogen-bond acceptors (Lipinski definition) is 4. The van der Waals surface area contributed by atoms with Crippen LogP contribution in [-0.4, -0.2) is 11.2 Å². The normalized spacial score (nSPS) is 10.1. The molecule has 0 radical (unpaired) electrons. The van der Waals surface area contributed by atoms with Crippen LogP contribution in [-0.2, 0) is 0 Å². The molecule has 0 amide bonds. The van der Waals surface area contributed by atoms with E-state index in [4.69, 9.17) is 4.18 Å². The summed E-state index contributed by atoms with van der Waals surface area (Å²) in [7, 11) is 0. The standard InChI is InChI=1S/C10H9NOS2/c1-13-12-10-6-5-9(14-10)8-4-2-3-7-11-8/h2-7H,1H3. The lowest BCUT2D eigenvalue weighted by atomic mass is 10.3. The van der Waals surface area contributed by atoms with Crippen molar-refractivity contribution in [2.24, 2.45) is 0 Å². The molecule has 72 valence electrons. The van der Waals surface area contributed by atoms with Crippen LogP contribution in [0.2, 0.25) is 0 Å². The summed E-state index contributed by atoms with van der Waals surface area (Å²) in [6.45, 7) is 0. The van der Waals surface area contributed by atoms with Gasteiger partial charge in [-0.3, -0.25) is 4.98 Å². The van der Waals surface area contributed by atoms with E-state index in [0.29, 0.717) is 0 Å². The Morgan fingerprint density at radius 2 is 2.21 bits per heavy atom. The molecule has 0 spiro atoms. The first-order chi connectivity index (χ1) is 6.90. The first kappa shape index (κ1) is 9.55. The molecular weight excluding hydrogens is 214 g/mol. The predicted molar refractivity (Wildman–Crippen MR) is 61.7 cm³/mol.